The monoisotopic (exact) mass is 426 g/mol. The van der Waals surface area contributed by atoms with Gasteiger partial charge < -0.3 is 19.3 Å². The van der Waals surface area contributed by atoms with E-state index in [1.807, 2.05) is 55.5 Å². The summed E-state index contributed by atoms with van der Waals surface area (Å²) in [5.74, 6) is 0.862. The average Bonchev–Trinajstić information content (AvgIpc) is 2.79. The third-order valence-corrected chi connectivity index (χ3v) is 5.91. The summed E-state index contributed by atoms with van der Waals surface area (Å²) in [7, 11) is 0. The molecule has 1 fully saturated rings. The van der Waals surface area contributed by atoms with Gasteiger partial charge in [0.1, 0.15) is 11.9 Å². The van der Waals surface area contributed by atoms with Gasteiger partial charge in [-0.25, -0.2) is 4.79 Å². The van der Waals surface area contributed by atoms with E-state index >= 15 is 0 Å². The van der Waals surface area contributed by atoms with Crippen LogP contribution in [0, 0.1) is 0 Å². The van der Waals surface area contributed by atoms with Crippen molar-refractivity contribution in [3.8, 4) is 16.9 Å². The Labute approximate surface area is 185 Å². The van der Waals surface area contributed by atoms with Crippen LogP contribution in [0.15, 0.2) is 48.5 Å². The van der Waals surface area contributed by atoms with Gasteiger partial charge in [0.25, 0.3) is 0 Å². The van der Waals surface area contributed by atoms with E-state index in [1.165, 1.54) is 0 Å². The number of hydrogen-bond acceptors (Lipinski definition) is 5. The second-order valence-electron chi connectivity index (χ2n) is 8.19. The van der Waals surface area contributed by atoms with Crippen molar-refractivity contribution in [3.05, 3.63) is 54.1 Å². The lowest BCUT2D eigenvalue weighted by molar-refractivity contribution is -0.0538. The molecule has 0 unspecified atom stereocenters. The molecule has 0 aliphatic heterocycles. The Bertz CT molecular complexity index is 805. The third-order valence-electron chi connectivity index (χ3n) is 5.91. The summed E-state index contributed by atoms with van der Waals surface area (Å²) < 4.78 is 16.0. The molecule has 0 amide bonds. The highest BCUT2D eigenvalue weighted by atomic mass is 16.7. The first kappa shape index (κ1) is 23.1. The molecule has 1 aliphatic carbocycles. The molecule has 2 aromatic carbocycles. The van der Waals surface area contributed by atoms with Gasteiger partial charge in [0, 0.05) is 0 Å². The number of carbonyl (C=O) groups excluding carboxylic acids is 1. The number of ether oxygens (including phenoxy) is 3. The van der Waals surface area contributed by atoms with Crippen molar-refractivity contribution in [2.45, 2.75) is 70.5 Å². The van der Waals surface area contributed by atoms with Crippen molar-refractivity contribution in [2.24, 2.45) is 0 Å². The lowest BCUT2D eigenvalue weighted by Gasteiger charge is -2.36. The smallest absolute Gasteiger partial charge is 0.494 e. The molecule has 0 atom stereocenters. The van der Waals surface area contributed by atoms with E-state index in [2.05, 4.69) is 6.92 Å². The summed E-state index contributed by atoms with van der Waals surface area (Å²) in [5.41, 5.74) is 2.22. The van der Waals surface area contributed by atoms with E-state index in [1.54, 1.807) is 0 Å². The number of hydrogen-bond donors (Lipinski definition) is 1. The quantitative estimate of drug-likeness (QED) is 0.380. The van der Waals surface area contributed by atoms with Gasteiger partial charge in [0.05, 0.1) is 18.8 Å². The zero-order valence-corrected chi connectivity index (χ0v) is 18.6. The Balaban J connectivity index is 1.52. The fourth-order valence-electron chi connectivity index (χ4n) is 4.04. The first-order valence-electron chi connectivity index (χ1n) is 11.4. The van der Waals surface area contributed by atoms with Crippen molar-refractivity contribution < 1.29 is 24.1 Å². The largest absolute Gasteiger partial charge is 0.508 e. The molecule has 0 bridgehead atoms. The van der Waals surface area contributed by atoms with Crippen LogP contribution in [0.25, 0.3) is 11.1 Å². The van der Waals surface area contributed by atoms with Gasteiger partial charge in [-0.2, -0.15) is 0 Å². The van der Waals surface area contributed by atoms with E-state index in [-0.39, 0.29) is 6.10 Å². The maximum atomic E-state index is 11.8. The van der Waals surface area contributed by atoms with Crippen LogP contribution in [-0.2, 0) is 15.1 Å². The lowest BCUT2D eigenvalue weighted by atomic mass is 9.78. The van der Waals surface area contributed by atoms with Gasteiger partial charge in [-0.1, -0.05) is 56.2 Å². The van der Waals surface area contributed by atoms with Crippen LogP contribution >= 0.6 is 0 Å². The molecule has 31 heavy (non-hydrogen) atoms. The second-order valence-corrected chi connectivity index (χ2v) is 8.19. The van der Waals surface area contributed by atoms with Gasteiger partial charge in [0.2, 0.25) is 0 Å². The van der Waals surface area contributed by atoms with Crippen LogP contribution in [0.1, 0.15) is 64.4 Å². The Morgan fingerprint density at radius 1 is 0.968 bits per heavy atom. The van der Waals surface area contributed by atoms with Crippen LogP contribution in [0.5, 0.6) is 5.75 Å². The average molecular weight is 427 g/mol. The van der Waals surface area contributed by atoms with Crippen LogP contribution in [0.2, 0.25) is 0 Å². The molecule has 0 aromatic heterocycles. The standard InChI is InChI=1S/C26H34O5/c1-3-5-6-19-30-25(27)31-24-15-17-26(28,18-16-24)22-11-7-20(8-12-22)21-9-13-23(14-10-21)29-4-2/h7-14,24,28H,3-6,15-19H2,1-2H3. The highest BCUT2D eigenvalue weighted by molar-refractivity contribution is 5.64. The number of rotatable bonds is 9. The Morgan fingerprint density at radius 3 is 2.16 bits per heavy atom. The molecular weight excluding hydrogens is 392 g/mol. The topological polar surface area (TPSA) is 65.0 Å². The van der Waals surface area contributed by atoms with Gasteiger partial charge in [-0.05, 0) is 67.9 Å². The minimum Gasteiger partial charge on any atom is -0.494 e. The van der Waals surface area contributed by atoms with Gasteiger partial charge >= 0.3 is 6.16 Å². The van der Waals surface area contributed by atoms with E-state index < -0.39 is 11.8 Å². The van der Waals surface area contributed by atoms with Gasteiger partial charge in [0.15, 0.2) is 0 Å². The molecule has 0 spiro atoms. The number of carbonyl (C=O) groups is 1. The van der Waals surface area contributed by atoms with Crippen molar-refractivity contribution in [1.29, 1.82) is 0 Å². The van der Waals surface area contributed by atoms with Crippen molar-refractivity contribution >= 4 is 6.16 Å². The van der Waals surface area contributed by atoms with E-state index in [9.17, 15) is 9.90 Å². The van der Waals surface area contributed by atoms with Gasteiger partial charge in [-0.15, -0.1) is 0 Å². The molecule has 0 heterocycles. The third kappa shape index (κ3) is 6.47. The Kier molecular flexibility index (Phi) is 8.35. The van der Waals surface area contributed by atoms with Crippen molar-refractivity contribution in [3.63, 3.8) is 0 Å². The highest BCUT2D eigenvalue weighted by Crippen LogP contribution is 2.38. The van der Waals surface area contributed by atoms with E-state index in [0.29, 0.717) is 38.9 Å². The molecule has 168 valence electrons. The lowest BCUT2D eigenvalue weighted by Crippen LogP contribution is -2.35. The molecule has 0 saturated heterocycles. The van der Waals surface area contributed by atoms with Gasteiger partial charge in [-0.3, -0.25) is 0 Å². The zero-order chi connectivity index (χ0) is 22.1. The maximum Gasteiger partial charge on any atom is 0.508 e. The minimum absolute atomic E-state index is 0.193. The molecule has 5 nitrogen and oxygen atoms in total. The number of unbranched alkanes of at least 4 members (excludes halogenated alkanes) is 2. The predicted molar refractivity (Wildman–Crippen MR) is 121 cm³/mol. The first-order chi connectivity index (χ1) is 15.0. The van der Waals surface area contributed by atoms with E-state index in [0.717, 1.165) is 41.7 Å². The normalized spacial score (nSPS) is 20.8. The zero-order valence-electron chi connectivity index (χ0n) is 18.6. The summed E-state index contributed by atoms with van der Waals surface area (Å²) in [6, 6.07) is 16.1. The molecule has 2 aromatic rings. The highest BCUT2D eigenvalue weighted by Gasteiger charge is 2.36. The Morgan fingerprint density at radius 2 is 1.58 bits per heavy atom. The first-order valence-corrected chi connectivity index (χ1v) is 11.4. The summed E-state index contributed by atoms with van der Waals surface area (Å²) in [4.78, 5) is 11.8. The molecular formula is C26H34O5. The molecule has 1 saturated carbocycles. The summed E-state index contributed by atoms with van der Waals surface area (Å²) >= 11 is 0. The second kappa shape index (κ2) is 11.2. The van der Waals surface area contributed by atoms with E-state index in [4.69, 9.17) is 14.2 Å². The fraction of sp³-hybridized carbons (Fsp3) is 0.500. The summed E-state index contributed by atoms with van der Waals surface area (Å²) in [6.45, 7) is 5.13. The molecule has 5 heteroatoms. The van der Waals surface area contributed by atoms with Crippen molar-refractivity contribution in [2.75, 3.05) is 13.2 Å². The molecule has 1 aliphatic rings. The molecule has 3 rings (SSSR count). The minimum atomic E-state index is -0.887. The number of aliphatic hydroxyl groups is 1. The molecule has 1 N–H and O–H groups in total. The van der Waals surface area contributed by atoms with Crippen LogP contribution in [0.4, 0.5) is 4.79 Å². The Hall–Kier alpha value is -2.53. The maximum absolute atomic E-state index is 11.8. The SMILES string of the molecule is CCCCCOC(=O)OC1CCC(O)(c2ccc(-c3ccc(OCC)cc3)cc2)CC1. The molecule has 0 radical (unpaired) electrons. The fourth-order valence-corrected chi connectivity index (χ4v) is 4.04. The number of benzene rings is 2. The van der Waals surface area contributed by atoms with Crippen LogP contribution in [0.3, 0.4) is 0 Å². The van der Waals surface area contributed by atoms with Crippen LogP contribution in [-0.4, -0.2) is 30.6 Å². The van der Waals surface area contributed by atoms with Crippen LogP contribution < -0.4 is 4.74 Å². The van der Waals surface area contributed by atoms with Crippen molar-refractivity contribution in [1.82, 2.24) is 0 Å². The predicted octanol–water partition coefficient (Wildman–Crippen LogP) is 6.23. The summed E-state index contributed by atoms with van der Waals surface area (Å²) in [6.07, 6.45) is 4.58. The summed E-state index contributed by atoms with van der Waals surface area (Å²) in [5, 5.41) is 11.2.